The molecule has 4 heteroatoms. The second kappa shape index (κ2) is 3.91. The maximum Gasteiger partial charge on any atom is 0.217 e. The van der Waals surface area contributed by atoms with Gasteiger partial charge in [0.1, 0.15) is 5.75 Å². The Balaban J connectivity index is 2.85. The lowest BCUT2D eigenvalue weighted by molar-refractivity contribution is 0.501. The third kappa shape index (κ3) is 2.73. The molecule has 0 spiro atoms. The van der Waals surface area contributed by atoms with Gasteiger partial charge in [-0.15, -0.1) is 0 Å². The molecule has 0 heterocycles. The minimum atomic E-state index is -2.46. The van der Waals surface area contributed by atoms with Crippen LogP contribution in [0.5, 0.6) is 5.75 Å². The van der Waals surface area contributed by atoms with E-state index in [9.17, 15) is 4.57 Å². The highest BCUT2D eigenvalue weighted by atomic mass is 31.4. The Bertz CT molecular complexity index is 343. The maximum absolute atomic E-state index is 12.2. The fourth-order valence-electron chi connectivity index (χ4n) is 0.819. The lowest BCUT2D eigenvalue weighted by Gasteiger charge is -2.25. The van der Waals surface area contributed by atoms with Gasteiger partial charge in [0.05, 0.1) is 0 Å². The topological polar surface area (TPSA) is 26.3 Å². The van der Waals surface area contributed by atoms with E-state index in [2.05, 4.69) is 19.6 Å². The molecule has 0 aromatic heterocycles. The van der Waals surface area contributed by atoms with Gasteiger partial charge < -0.3 is 4.52 Å². The van der Waals surface area contributed by atoms with Crippen LogP contribution in [0.15, 0.2) is 30.3 Å². The third-order valence-electron chi connectivity index (χ3n) is 2.24. The van der Waals surface area contributed by atoms with Crippen molar-refractivity contribution in [1.82, 2.24) is 0 Å². The molecule has 78 valence electrons. The van der Waals surface area contributed by atoms with Crippen molar-refractivity contribution >= 4 is 14.7 Å². The van der Waals surface area contributed by atoms with Crippen LogP contribution in [0, 0.1) is 0 Å². The number of hydrogen-bond donors (Lipinski definition) is 0. The zero-order valence-corrected chi connectivity index (χ0v) is 11.0. The van der Waals surface area contributed by atoms with Crippen molar-refractivity contribution in [2.24, 2.45) is 0 Å². The zero-order chi connectivity index (χ0) is 10.8. The molecule has 0 fully saturated rings. The summed E-state index contributed by atoms with van der Waals surface area (Å²) in [6.45, 7) is 5.48. The van der Waals surface area contributed by atoms with Gasteiger partial charge in [-0.05, 0) is 12.1 Å². The van der Waals surface area contributed by atoms with Crippen molar-refractivity contribution < 1.29 is 9.09 Å². The summed E-state index contributed by atoms with van der Waals surface area (Å²) in [4.78, 5) is 0. The van der Waals surface area contributed by atoms with Crippen LogP contribution in [0.1, 0.15) is 0 Å². The van der Waals surface area contributed by atoms with Gasteiger partial charge in [-0.2, -0.15) is 0 Å². The van der Waals surface area contributed by atoms with Crippen LogP contribution in [-0.4, -0.2) is 14.4 Å². The first-order valence-electron chi connectivity index (χ1n) is 4.65. The quantitative estimate of drug-likeness (QED) is 0.581. The molecule has 0 aliphatic carbocycles. The summed E-state index contributed by atoms with van der Waals surface area (Å²) < 4.78 is 17.8. The highest BCUT2D eigenvalue weighted by Crippen LogP contribution is 2.52. The molecule has 1 rings (SSSR count). The standard InChI is InChI=1S/C10H17O2PSi/c1-13(11,14(2,3)4)12-10-8-6-5-7-9-10/h5-9H,1-4H3. The molecule has 0 aliphatic heterocycles. The van der Waals surface area contributed by atoms with Gasteiger partial charge in [-0.25, -0.2) is 0 Å². The van der Waals surface area contributed by atoms with E-state index in [1.165, 1.54) is 0 Å². The van der Waals surface area contributed by atoms with E-state index in [4.69, 9.17) is 4.52 Å². The molecule has 2 nitrogen and oxygen atoms in total. The molecule has 1 unspecified atom stereocenters. The average molecular weight is 228 g/mol. The summed E-state index contributed by atoms with van der Waals surface area (Å²) in [5, 5.41) is 0. The maximum atomic E-state index is 12.2. The SMILES string of the molecule is C[Si](C)(C)P(C)(=O)Oc1ccccc1. The summed E-state index contributed by atoms with van der Waals surface area (Å²) in [5.41, 5.74) is 0. The van der Waals surface area contributed by atoms with E-state index in [-0.39, 0.29) is 0 Å². The zero-order valence-electron chi connectivity index (χ0n) is 9.15. The second-order valence-electron chi connectivity index (χ2n) is 4.42. The number of rotatable bonds is 3. The normalized spacial score (nSPS) is 16.0. The molecule has 0 saturated heterocycles. The largest absolute Gasteiger partial charge is 0.447 e. The first kappa shape index (κ1) is 11.5. The molecule has 0 radical (unpaired) electrons. The molecule has 0 saturated carbocycles. The monoisotopic (exact) mass is 228 g/mol. The predicted octanol–water partition coefficient (Wildman–Crippen LogP) is 3.81. The molecular weight excluding hydrogens is 211 g/mol. The Hall–Kier alpha value is -0.533. The van der Waals surface area contributed by atoms with Crippen LogP contribution in [0.3, 0.4) is 0 Å². The Morgan fingerprint density at radius 2 is 1.64 bits per heavy atom. The van der Waals surface area contributed by atoms with E-state index in [1.54, 1.807) is 6.66 Å². The minimum Gasteiger partial charge on any atom is -0.447 e. The fourth-order valence-corrected chi connectivity index (χ4v) is 2.76. The molecule has 0 bridgehead atoms. The van der Waals surface area contributed by atoms with Crippen LogP contribution >= 0.6 is 6.92 Å². The van der Waals surface area contributed by atoms with E-state index >= 15 is 0 Å². The summed E-state index contributed by atoms with van der Waals surface area (Å²) in [7, 11) is -1.73. The van der Waals surface area contributed by atoms with E-state index < -0.39 is 14.7 Å². The highest BCUT2D eigenvalue weighted by molar-refractivity contribution is 7.95. The first-order chi connectivity index (χ1) is 6.33. The number of hydrogen-bond acceptors (Lipinski definition) is 2. The van der Waals surface area contributed by atoms with E-state index in [1.807, 2.05) is 30.3 Å². The molecule has 0 N–H and O–H groups in total. The van der Waals surface area contributed by atoms with Gasteiger partial charge in [0.25, 0.3) is 0 Å². The lowest BCUT2D eigenvalue weighted by Crippen LogP contribution is -2.23. The molecule has 0 aliphatic rings. The lowest BCUT2D eigenvalue weighted by atomic mass is 10.3. The summed E-state index contributed by atoms with van der Waals surface area (Å²) >= 11 is 0. The van der Waals surface area contributed by atoms with Gasteiger partial charge in [-0.1, -0.05) is 37.8 Å². The predicted molar refractivity (Wildman–Crippen MR) is 63.9 cm³/mol. The van der Waals surface area contributed by atoms with Crippen molar-refractivity contribution in [2.45, 2.75) is 19.6 Å². The van der Waals surface area contributed by atoms with Crippen molar-refractivity contribution in [3.63, 3.8) is 0 Å². The van der Waals surface area contributed by atoms with Crippen LogP contribution in [0.25, 0.3) is 0 Å². The molecule has 0 amide bonds. The third-order valence-corrected chi connectivity index (χ3v) is 12.8. The Kier molecular flexibility index (Phi) is 3.23. The molecule has 1 aromatic rings. The summed E-state index contributed by atoms with van der Waals surface area (Å²) in [5.74, 6) is 0.709. The Morgan fingerprint density at radius 1 is 1.14 bits per heavy atom. The molecule has 1 atom stereocenters. The van der Waals surface area contributed by atoms with Gasteiger partial charge in [-0.3, -0.25) is 4.57 Å². The summed E-state index contributed by atoms with van der Waals surface area (Å²) in [6, 6.07) is 9.38. The smallest absolute Gasteiger partial charge is 0.217 e. The van der Waals surface area contributed by atoms with E-state index in [0.29, 0.717) is 5.75 Å². The molecular formula is C10H17O2PSi. The second-order valence-corrected chi connectivity index (χ2v) is 17.1. The first-order valence-corrected chi connectivity index (χ1v) is 11.1. The van der Waals surface area contributed by atoms with Crippen LogP contribution in [0.2, 0.25) is 19.6 Å². The van der Waals surface area contributed by atoms with Crippen LogP contribution in [0.4, 0.5) is 0 Å². The van der Waals surface area contributed by atoms with Crippen molar-refractivity contribution in [3.05, 3.63) is 30.3 Å². The highest BCUT2D eigenvalue weighted by Gasteiger charge is 2.36. The minimum absolute atomic E-state index is 0.709. The Labute approximate surface area is 86.6 Å². The van der Waals surface area contributed by atoms with Crippen molar-refractivity contribution in [2.75, 3.05) is 6.66 Å². The number of benzene rings is 1. The van der Waals surface area contributed by atoms with Crippen molar-refractivity contribution in [1.29, 1.82) is 0 Å². The van der Waals surface area contributed by atoms with Crippen LogP contribution < -0.4 is 4.52 Å². The molecule has 14 heavy (non-hydrogen) atoms. The fraction of sp³-hybridized carbons (Fsp3) is 0.400. The Morgan fingerprint density at radius 3 is 2.07 bits per heavy atom. The van der Waals surface area contributed by atoms with Gasteiger partial charge in [0.2, 0.25) is 6.92 Å². The summed E-state index contributed by atoms with van der Waals surface area (Å²) in [6.07, 6.45) is 0. The van der Waals surface area contributed by atoms with Crippen molar-refractivity contribution in [3.8, 4) is 5.75 Å². The van der Waals surface area contributed by atoms with Gasteiger partial charge in [0.15, 0.2) is 7.74 Å². The van der Waals surface area contributed by atoms with E-state index in [0.717, 1.165) is 0 Å². The average Bonchev–Trinajstić information content (AvgIpc) is 2.03. The van der Waals surface area contributed by atoms with Crippen LogP contribution in [-0.2, 0) is 4.57 Å². The van der Waals surface area contributed by atoms with Gasteiger partial charge in [0, 0.05) is 6.66 Å². The number of para-hydroxylation sites is 1. The van der Waals surface area contributed by atoms with Gasteiger partial charge >= 0.3 is 0 Å². The molecule has 1 aromatic carbocycles.